The van der Waals surface area contributed by atoms with Crippen LogP contribution in [0.15, 0.2) is 36.4 Å². The Bertz CT molecular complexity index is 948. The van der Waals surface area contributed by atoms with Gasteiger partial charge in [0.1, 0.15) is 11.6 Å². The number of benzene rings is 2. The summed E-state index contributed by atoms with van der Waals surface area (Å²) in [6, 6.07) is 11.2. The van der Waals surface area contributed by atoms with Crippen molar-refractivity contribution >= 4 is 34.8 Å². The predicted molar refractivity (Wildman–Crippen MR) is 109 cm³/mol. The third-order valence-corrected chi connectivity index (χ3v) is 4.14. The highest BCUT2D eigenvalue weighted by Gasteiger charge is 2.11. The van der Waals surface area contributed by atoms with E-state index in [1.807, 2.05) is 44.2 Å². The van der Waals surface area contributed by atoms with Gasteiger partial charge in [0.25, 0.3) is 0 Å². The third kappa shape index (κ3) is 5.87. The number of carbonyl (C=O) groups is 4. The van der Waals surface area contributed by atoms with Crippen molar-refractivity contribution in [1.82, 2.24) is 0 Å². The van der Waals surface area contributed by atoms with Crippen LogP contribution in [-0.2, 0) is 19.2 Å². The van der Waals surface area contributed by atoms with E-state index in [1.54, 1.807) is 6.07 Å². The highest BCUT2D eigenvalue weighted by molar-refractivity contribution is 6.04. The van der Waals surface area contributed by atoms with Crippen molar-refractivity contribution < 1.29 is 19.2 Å². The standard InChI is InChI=1S/C22H24N2O4/c1-13-10-18(23-21(27)11-15(3)25)6-7-19(13)17-5-8-20(14(2)9-17)24-22(28)12-16(4)26/h5-10H,11-12H2,1-4H3,(H,23,27)(H,24,28). The van der Waals surface area contributed by atoms with Crippen molar-refractivity contribution in [3.05, 3.63) is 47.5 Å². The molecule has 0 atom stereocenters. The highest BCUT2D eigenvalue weighted by atomic mass is 16.2. The molecule has 0 fully saturated rings. The first-order chi connectivity index (χ1) is 13.2. The third-order valence-electron chi connectivity index (χ3n) is 4.14. The summed E-state index contributed by atoms with van der Waals surface area (Å²) in [7, 11) is 0. The van der Waals surface area contributed by atoms with Crippen molar-refractivity contribution in [2.75, 3.05) is 10.6 Å². The number of hydrogen-bond acceptors (Lipinski definition) is 4. The van der Waals surface area contributed by atoms with E-state index >= 15 is 0 Å². The topological polar surface area (TPSA) is 92.3 Å². The zero-order valence-corrected chi connectivity index (χ0v) is 16.5. The van der Waals surface area contributed by atoms with Crippen LogP contribution in [0.25, 0.3) is 11.1 Å². The van der Waals surface area contributed by atoms with Crippen molar-refractivity contribution in [1.29, 1.82) is 0 Å². The summed E-state index contributed by atoms with van der Waals surface area (Å²) < 4.78 is 0. The van der Waals surface area contributed by atoms with Gasteiger partial charge >= 0.3 is 0 Å². The Morgan fingerprint density at radius 2 is 1.36 bits per heavy atom. The zero-order valence-electron chi connectivity index (χ0n) is 16.5. The molecule has 0 aromatic heterocycles. The first-order valence-electron chi connectivity index (χ1n) is 8.96. The Morgan fingerprint density at radius 1 is 0.750 bits per heavy atom. The van der Waals surface area contributed by atoms with Gasteiger partial charge in [0.15, 0.2) is 0 Å². The first kappa shape index (κ1) is 21.0. The summed E-state index contributed by atoms with van der Waals surface area (Å²) in [5, 5.41) is 5.46. The van der Waals surface area contributed by atoms with E-state index < -0.39 is 0 Å². The van der Waals surface area contributed by atoms with Crippen LogP contribution in [0.5, 0.6) is 0 Å². The van der Waals surface area contributed by atoms with Crippen LogP contribution >= 0.6 is 0 Å². The fraction of sp³-hybridized carbons (Fsp3) is 0.273. The summed E-state index contributed by atoms with van der Waals surface area (Å²) in [5.74, 6) is -1.03. The maximum Gasteiger partial charge on any atom is 0.231 e. The van der Waals surface area contributed by atoms with Gasteiger partial charge in [0.05, 0.1) is 12.8 Å². The van der Waals surface area contributed by atoms with Crippen molar-refractivity contribution in [3.63, 3.8) is 0 Å². The molecule has 2 aromatic rings. The van der Waals surface area contributed by atoms with E-state index in [9.17, 15) is 19.2 Å². The number of nitrogens with one attached hydrogen (secondary N) is 2. The molecule has 0 aliphatic carbocycles. The molecule has 0 radical (unpaired) electrons. The molecule has 0 unspecified atom stereocenters. The van der Waals surface area contributed by atoms with Gasteiger partial charge in [-0.1, -0.05) is 12.1 Å². The molecule has 0 aliphatic heterocycles. The van der Waals surface area contributed by atoms with Gasteiger partial charge in [0.2, 0.25) is 11.8 Å². The molecule has 146 valence electrons. The SMILES string of the molecule is CC(=O)CC(=O)Nc1ccc(-c2ccc(NC(=O)CC(C)=O)c(C)c2)c(C)c1. The van der Waals surface area contributed by atoms with Crippen LogP contribution in [-0.4, -0.2) is 23.4 Å². The monoisotopic (exact) mass is 380 g/mol. The summed E-state index contributed by atoms with van der Waals surface area (Å²) in [4.78, 5) is 45.6. The van der Waals surface area contributed by atoms with E-state index in [0.717, 1.165) is 22.3 Å². The number of carbonyl (C=O) groups excluding carboxylic acids is 4. The normalized spacial score (nSPS) is 10.3. The van der Waals surface area contributed by atoms with Crippen LogP contribution in [0.3, 0.4) is 0 Å². The number of anilines is 2. The molecule has 6 heteroatoms. The molecule has 0 bridgehead atoms. The molecule has 0 heterocycles. The average molecular weight is 380 g/mol. The Balaban J connectivity index is 2.18. The summed E-state index contributed by atoms with van der Waals surface area (Å²) in [5.41, 5.74) is 5.12. The Kier molecular flexibility index (Phi) is 6.82. The summed E-state index contributed by atoms with van der Waals surface area (Å²) in [6.45, 7) is 6.58. The largest absolute Gasteiger partial charge is 0.326 e. The Hall–Kier alpha value is -3.28. The van der Waals surface area contributed by atoms with E-state index in [2.05, 4.69) is 10.6 Å². The Labute approximate surface area is 164 Å². The van der Waals surface area contributed by atoms with Crippen molar-refractivity contribution in [3.8, 4) is 11.1 Å². The van der Waals surface area contributed by atoms with Crippen molar-refractivity contribution in [2.24, 2.45) is 0 Å². The second kappa shape index (κ2) is 9.08. The molecule has 0 aliphatic rings. The fourth-order valence-corrected chi connectivity index (χ4v) is 2.89. The van der Waals surface area contributed by atoms with Crippen LogP contribution in [0.2, 0.25) is 0 Å². The number of ketones is 2. The van der Waals surface area contributed by atoms with Gasteiger partial charge in [-0.2, -0.15) is 0 Å². The number of rotatable bonds is 7. The van der Waals surface area contributed by atoms with Crippen LogP contribution in [0.4, 0.5) is 11.4 Å². The molecular weight excluding hydrogens is 356 g/mol. The summed E-state index contributed by atoms with van der Waals surface area (Å²) in [6.07, 6.45) is -0.284. The molecular formula is C22H24N2O4. The van der Waals surface area contributed by atoms with E-state index in [4.69, 9.17) is 0 Å². The van der Waals surface area contributed by atoms with Gasteiger partial charge in [0, 0.05) is 11.4 Å². The fourth-order valence-electron chi connectivity index (χ4n) is 2.89. The van der Waals surface area contributed by atoms with Gasteiger partial charge < -0.3 is 10.6 Å². The highest BCUT2D eigenvalue weighted by Crippen LogP contribution is 2.29. The number of amides is 2. The smallest absolute Gasteiger partial charge is 0.231 e. The van der Waals surface area contributed by atoms with Gasteiger partial charge in [-0.25, -0.2) is 0 Å². The summed E-state index contributed by atoms with van der Waals surface area (Å²) >= 11 is 0. The second-order valence-corrected chi connectivity index (χ2v) is 6.91. The molecule has 0 spiro atoms. The van der Waals surface area contributed by atoms with Gasteiger partial charge in [-0.3, -0.25) is 19.2 Å². The molecule has 28 heavy (non-hydrogen) atoms. The lowest BCUT2D eigenvalue weighted by molar-refractivity contribution is -0.125. The number of aryl methyl sites for hydroxylation is 2. The zero-order chi connectivity index (χ0) is 20.8. The average Bonchev–Trinajstić information content (AvgIpc) is 2.55. The predicted octanol–water partition coefficient (Wildman–Crippen LogP) is 3.81. The minimum atomic E-state index is -0.332. The number of Topliss-reactive ketones (excluding diaryl/α,β-unsaturated/α-hetero) is 2. The molecule has 2 aromatic carbocycles. The van der Waals surface area contributed by atoms with Crippen LogP contribution in [0.1, 0.15) is 37.8 Å². The van der Waals surface area contributed by atoms with Crippen LogP contribution < -0.4 is 10.6 Å². The quantitative estimate of drug-likeness (QED) is 0.715. The van der Waals surface area contributed by atoms with Crippen LogP contribution in [0, 0.1) is 13.8 Å². The number of hydrogen-bond donors (Lipinski definition) is 2. The maximum absolute atomic E-state index is 11.8. The molecule has 0 saturated carbocycles. The van der Waals surface area contributed by atoms with Gasteiger partial charge in [-0.05, 0) is 74.2 Å². The maximum atomic E-state index is 11.8. The molecule has 2 N–H and O–H groups in total. The minimum absolute atomic E-state index is 0.142. The lowest BCUT2D eigenvalue weighted by Crippen LogP contribution is -2.15. The molecule has 2 amide bonds. The minimum Gasteiger partial charge on any atom is -0.326 e. The lowest BCUT2D eigenvalue weighted by atomic mass is 9.97. The molecule has 6 nitrogen and oxygen atoms in total. The second-order valence-electron chi connectivity index (χ2n) is 6.91. The van der Waals surface area contributed by atoms with Crippen molar-refractivity contribution in [2.45, 2.75) is 40.5 Å². The first-order valence-corrected chi connectivity index (χ1v) is 8.96. The van der Waals surface area contributed by atoms with E-state index in [-0.39, 0.29) is 36.2 Å². The molecule has 2 rings (SSSR count). The van der Waals surface area contributed by atoms with E-state index in [1.165, 1.54) is 13.8 Å². The lowest BCUT2D eigenvalue weighted by Gasteiger charge is -2.13. The molecule has 0 saturated heterocycles. The van der Waals surface area contributed by atoms with Gasteiger partial charge in [-0.15, -0.1) is 0 Å². The van der Waals surface area contributed by atoms with E-state index in [0.29, 0.717) is 11.4 Å². The Morgan fingerprint density at radius 3 is 1.89 bits per heavy atom.